The molecular formula is C16H14HgO5. The molecule has 0 spiro atoms. The van der Waals surface area contributed by atoms with E-state index < -0.39 is 5.97 Å². The van der Waals surface area contributed by atoms with Crippen molar-refractivity contribution in [1.82, 2.24) is 0 Å². The van der Waals surface area contributed by atoms with Gasteiger partial charge in [0.05, 0.1) is 10.9 Å². The molecule has 1 aliphatic carbocycles. The molecule has 0 N–H and O–H groups in total. The Morgan fingerprint density at radius 1 is 1.27 bits per heavy atom. The summed E-state index contributed by atoms with van der Waals surface area (Å²) in [5.41, 5.74) is 1.07. The van der Waals surface area contributed by atoms with Crippen LogP contribution in [-0.4, -0.2) is 12.1 Å². The zero-order chi connectivity index (χ0) is 15.0. The van der Waals surface area contributed by atoms with Crippen LogP contribution in [0.15, 0.2) is 33.5 Å². The number of carbonyl (C=O) groups excluding carboxylic acids is 1. The Morgan fingerprint density at radius 3 is 2.68 bits per heavy atom. The van der Waals surface area contributed by atoms with Gasteiger partial charge in [0.15, 0.2) is 0 Å². The number of hydrogen-bond donors (Lipinski definition) is 0. The molecule has 2 aliphatic rings. The van der Waals surface area contributed by atoms with Crippen molar-refractivity contribution in [3.8, 4) is 5.75 Å². The third kappa shape index (κ3) is 3.19. The van der Waals surface area contributed by atoms with Crippen molar-refractivity contribution in [2.24, 2.45) is 0 Å². The van der Waals surface area contributed by atoms with Gasteiger partial charge < -0.3 is 19.1 Å². The maximum atomic E-state index is 12.0. The maximum absolute atomic E-state index is 12.0. The van der Waals surface area contributed by atoms with E-state index in [4.69, 9.17) is 19.1 Å². The summed E-state index contributed by atoms with van der Waals surface area (Å²) in [5, 5.41) is 9.80. The Kier molecular flexibility index (Phi) is 5.26. The molecule has 0 amide bonds. The fraction of sp³-hybridized carbons (Fsp3) is 0.312. The summed E-state index contributed by atoms with van der Waals surface area (Å²) in [5.74, 6) is -0.128. The second-order valence-electron chi connectivity index (χ2n) is 5.15. The Labute approximate surface area is 147 Å². The largest absolute Gasteiger partial charge is 1.00 e. The van der Waals surface area contributed by atoms with Gasteiger partial charge in [-0.15, -0.1) is 0 Å². The van der Waals surface area contributed by atoms with Crippen LogP contribution in [0.3, 0.4) is 0 Å². The van der Waals surface area contributed by atoms with E-state index in [1.807, 2.05) is 18.2 Å². The Balaban J connectivity index is 0.000000319. The van der Waals surface area contributed by atoms with Crippen LogP contribution >= 0.6 is 0 Å². The molecule has 1 aliphatic heterocycles. The standard InChI is InChI=1S/C14H11O3.C2H4O2.Hg/c15-14-12-8-5-6-9(7-8)16-13(12)10-3-1-2-4-11(10)17-14;1-2(3)4;/h1-4,7-9H,5-6H2;1H3,(H,3,4);/q;;+1/p-1/t8-,9+;;/m0../s1. The SMILES string of the molecule is CC(=O)[O-].O=c1oc2ccccc2c2c1[C@@H]1[CH][C@@H](CC1)O2.[Hg+]. The average Bonchev–Trinajstić information content (AvgIpc) is 2.79. The summed E-state index contributed by atoms with van der Waals surface area (Å²) >= 11 is 0. The van der Waals surface area contributed by atoms with E-state index in [2.05, 4.69) is 6.42 Å². The Hall–Kier alpha value is -1.36. The third-order valence-corrected chi connectivity index (χ3v) is 3.65. The molecule has 2 radical (unpaired) electrons. The van der Waals surface area contributed by atoms with Gasteiger partial charge >= 0.3 is 33.3 Å². The fourth-order valence-electron chi connectivity index (χ4n) is 2.87. The summed E-state index contributed by atoms with van der Waals surface area (Å²) in [7, 11) is 0. The smallest absolute Gasteiger partial charge is 0.550 e. The molecule has 2 bridgehead atoms. The van der Waals surface area contributed by atoms with Crippen LogP contribution in [0.1, 0.15) is 31.2 Å². The van der Waals surface area contributed by atoms with Crippen molar-refractivity contribution in [2.75, 3.05) is 0 Å². The van der Waals surface area contributed by atoms with Crippen molar-refractivity contribution < 1.29 is 46.7 Å². The summed E-state index contributed by atoms with van der Waals surface area (Å²) in [4.78, 5) is 20.9. The molecule has 22 heavy (non-hydrogen) atoms. The molecule has 2 atom stereocenters. The molecule has 1 saturated carbocycles. The van der Waals surface area contributed by atoms with Gasteiger partial charge in [-0.05, 0) is 31.9 Å². The number of rotatable bonds is 0. The predicted octanol–water partition coefficient (Wildman–Crippen LogP) is 1.39. The van der Waals surface area contributed by atoms with E-state index in [0.29, 0.717) is 11.1 Å². The van der Waals surface area contributed by atoms with Crippen LogP contribution in [0.25, 0.3) is 11.0 Å². The second kappa shape index (κ2) is 6.81. The van der Waals surface area contributed by atoms with Gasteiger partial charge in [-0.3, -0.25) is 0 Å². The summed E-state index contributed by atoms with van der Waals surface area (Å²) in [6.45, 7) is 0.972. The monoisotopic (exact) mass is 488 g/mol. The number of carbonyl (C=O) groups is 1. The van der Waals surface area contributed by atoms with Gasteiger partial charge in [0.2, 0.25) is 0 Å². The quantitative estimate of drug-likeness (QED) is 0.415. The van der Waals surface area contributed by atoms with Crippen molar-refractivity contribution >= 4 is 16.9 Å². The topological polar surface area (TPSA) is 79.6 Å². The van der Waals surface area contributed by atoms with E-state index in [1.54, 1.807) is 6.07 Å². The first-order chi connectivity index (χ1) is 10.1. The number of carboxylic acids is 1. The molecule has 2 aromatic rings. The average molecular weight is 487 g/mol. The first kappa shape index (κ1) is 17.0. The van der Waals surface area contributed by atoms with Gasteiger partial charge in [0.1, 0.15) is 17.4 Å². The minimum absolute atomic E-state index is 0. The van der Waals surface area contributed by atoms with Crippen LogP contribution < -0.4 is 15.5 Å². The number of hydrogen-bond acceptors (Lipinski definition) is 5. The van der Waals surface area contributed by atoms with Gasteiger partial charge in [0.25, 0.3) is 0 Å². The van der Waals surface area contributed by atoms with Crippen molar-refractivity contribution in [3.63, 3.8) is 0 Å². The van der Waals surface area contributed by atoms with Crippen LogP contribution in [0, 0.1) is 6.42 Å². The van der Waals surface area contributed by atoms with E-state index in [0.717, 1.165) is 30.9 Å². The van der Waals surface area contributed by atoms with Gasteiger partial charge in [-0.25, -0.2) is 4.79 Å². The molecule has 2 heterocycles. The summed E-state index contributed by atoms with van der Waals surface area (Å²) in [6, 6.07) is 7.55. The van der Waals surface area contributed by atoms with Crippen molar-refractivity contribution in [2.45, 2.75) is 31.8 Å². The molecule has 1 aromatic carbocycles. The van der Waals surface area contributed by atoms with E-state index >= 15 is 0 Å². The van der Waals surface area contributed by atoms with Crippen LogP contribution in [-0.2, 0) is 32.5 Å². The number of para-hydroxylation sites is 1. The molecule has 4 rings (SSSR count). The molecular weight excluding hydrogens is 473 g/mol. The minimum Gasteiger partial charge on any atom is -0.550 e. The Morgan fingerprint density at radius 2 is 1.95 bits per heavy atom. The van der Waals surface area contributed by atoms with Gasteiger partial charge in [0, 0.05) is 18.3 Å². The van der Waals surface area contributed by atoms with E-state index in [-0.39, 0.29) is 45.3 Å². The second-order valence-corrected chi connectivity index (χ2v) is 5.15. The first-order valence-electron chi connectivity index (χ1n) is 6.81. The van der Waals surface area contributed by atoms with Gasteiger partial charge in [-0.2, -0.15) is 0 Å². The van der Waals surface area contributed by atoms with E-state index in [1.165, 1.54) is 0 Å². The summed E-state index contributed by atoms with van der Waals surface area (Å²) < 4.78 is 11.3. The van der Waals surface area contributed by atoms with Gasteiger partial charge in [-0.1, -0.05) is 12.1 Å². The molecule has 1 aromatic heterocycles. The number of aliphatic carboxylic acids is 1. The molecule has 110 valence electrons. The number of fused-ring (bicyclic) bond motifs is 6. The van der Waals surface area contributed by atoms with Crippen LogP contribution in [0.5, 0.6) is 5.75 Å². The molecule has 0 saturated heterocycles. The zero-order valence-corrected chi connectivity index (χ0v) is 17.7. The summed E-state index contributed by atoms with van der Waals surface area (Å²) in [6.07, 6.45) is 4.26. The molecule has 5 nitrogen and oxygen atoms in total. The minimum atomic E-state index is -1.08. The van der Waals surface area contributed by atoms with E-state index in [9.17, 15) is 4.79 Å². The molecule has 6 heteroatoms. The van der Waals surface area contributed by atoms with Crippen molar-refractivity contribution in [3.05, 3.63) is 46.7 Å². The maximum Gasteiger partial charge on any atom is 1.00 e. The Bertz CT molecular complexity index is 748. The first-order valence-corrected chi connectivity index (χ1v) is 6.81. The fourth-order valence-corrected chi connectivity index (χ4v) is 2.87. The number of ether oxygens (including phenoxy) is 1. The number of benzene rings is 1. The van der Waals surface area contributed by atoms with Crippen LogP contribution in [0.4, 0.5) is 0 Å². The zero-order valence-electron chi connectivity index (χ0n) is 12.2. The third-order valence-electron chi connectivity index (χ3n) is 3.65. The number of carboxylic acid groups (broad SMARTS) is 1. The normalized spacial score (nSPS) is 21.0. The molecule has 0 unspecified atom stereocenters. The van der Waals surface area contributed by atoms with Crippen molar-refractivity contribution in [1.29, 1.82) is 0 Å². The van der Waals surface area contributed by atoms with Crippen LogP contribution in [0.2, 0.25) is 0 Å². The predicted molar refractivity (Wildman–Crippen MR) is 73.9 cm³/mol. The molecule has 1 fully saturated rings.